The molecule has 0 radical (unpaired) electrons. The molecule has 0 amide bonds. The number of rotatable bonds is 5. The van der Waals surface area contributed by atoms with E-state index in [4.69, 9.17) is 10.2 Å². The van der Waals surface area contributed by atoms with Gasteiger partial charge in [0, 0.05) is 10.8 Å². The summed E-state index contributed by atoms with van der Waals surface area (Å²) < 4.78 is 0. The maximum Gasteiger partial charge on any atom is 0.210 e. The van der Waals surface area contributed by atoms with Gasteiger partial charge in [0.2, 0.25) is 6.54 Å². The van der Waals surface area contributed by atoms with Crippen molar-refractivity contribution in [2.24, 2.45) is 5.92 Å². The lowest BCUT2D eigenvalue weighted by atomic mass is 9.96. The molecular weight excluding hydrogens is 174 g/mol. The third-order valence-electron chi connectivity index (χ3n) is 1.97. The predicted molar refractivity (Wildman–Crippen MR) is 47.6 cm³/mol. The van der Waals surface area contributed by atoms with Crippen molar-refractivity contribution in [3.8, 4) is 0 Å². The molecule has 1 atom stereocenters. The molecule has 2 N–H and O–H groups in total. The minimum Gasteiger partial charge on any atom is -0.365 e. The number of hydrogen-bond acceptors (Lipinski definition) is 4. The van der Waals surface area contributed by atoms with Crippen molar-refractivity contribution in [2.45, 2.75) is 26.6 Å². The van der Waals surface area contributed by atoms with E-state index in [1.807, 2.05) is 0 Å². The second-order valence-corrected chi connectivity index (χ2v) is 2.78. The van der Waals surface area contributed by atoms with E-state index in [2.05, 4.69) is 0 Å². The van der Waals surface area contributed by atoms with Crippen LogP contribution in [0, 0.1) is 16.0 Å². The van der Waals surface area contributed by atoms with Gasteiger partial charge in [-0.2, -0.15) is 0 Å². The van der Waals surface area contributed by atoms with Crippen molar-refractivity contribution in [3.63, 3.8) is 0 Å². The van der Waals surface area contributed by atoms with E-state index in [1.165, 1.54) is 6.08 Å². The van der Waals surface area contributed by atoms with Gasteiger partial charge in [-0.3, -0.25) is 10.1 Å². The second kappa shape index (κ2) is 5.66. The van der Waals surface area contributed by atoms with Crippen LogP contribution in [0.25, 0.3) is 0 Å². The lowest BCUT2D eigenvalue weighted by Gasteiger charge is -2.16. The molecule has 1 unspecified atom stereocenters. The van der Waals surface area contributed by atoms with E-state index in [0.29, 0.717) is 12.0 Å². The lowest BCUT2D eigenvalue weighted by Crippen LogP contribution is -2.23. The minimum atomic E-state index is -1.59. The fourth-order valence-corrected chi connectivity index (χ4v) is 1.25. The topological polar surface area (TPSA) is 83.6 Å². The maximum absolute atomic E-state index is 10.2. The minimum absolute atomic E-state index is 0.256. The van der Waals surface area contributed by atoms with Gasteiger partial charge in [-0.25, -0.2) is 0 Å². The Bertz CT molecular complexity index is 200. The Labute approximate surface area is 76.8 Å². The molecule has 5 heteroatoms. The van der Waals surface area contributed by atoms with E-state index >= 15 is 0 Å². The van der Waals surface area contributed by atoms with Gasteiger partial charge in [0.25, 0.3) is 0 Å². The normalized spacial score (nSPS) is 14.7. The molecule has 0 fully saturated rings. The van der Waals surface area contributed by atoms with Crippen molar-refractivity contribution in [3.05, 3.63) is 21.8 Å². The second-order valence-electron chi connectivity index (χ2n) is 2.78. The van der Waals surface area contributed by atoms with Crippen LogP contribution in [0.5, 0.6) is 0 Å². The molecule has 0 aromatic rings. The smallest absolute Gasteiger partial charge is 0.210 e. The quantitative estimate of drug-likeness (QED) is 0.286. The Kier molecular flexibility index (Phi) is 5.25. The van der Waals surface area contributed by atoms with E-state index in [-0.39, 0.29) is 12.5 Å². The summed E-state index contributed by atoms with van der Waals surface area (Å²) >= 11 is 0. The first-order valence-electron chi connectivity index (χ1n) is 4.16. The summed E-state index contributed by atoms with van der Waals surface area (Å²) in [6.07, 6.45) is 0.454. The summed E-state index contributed by atoms with van der Waals surface area (Å²) in [7, 11) is 0. The summed E-state index contributed by atoms with van der Waals surface area (Å²) in [6.45, 7) is 3.16. The highest BCUT2D eigenvalue weighted by atomic mass is 16.6. The van der Waals surface area contributed by atoms with Crippen molar-refractivity contribution in [2.75, 3.05) is 6.54 Å². The van der Waals surface area contributed by atoms with Crippen molar-refractivity contribution < 1.29 is 15.1 Å². The number of nitro groups is 1. The average Bonchev–Trinajstić information content (AvgIpc) is 2.02. The van der Waals surface area contributed by atoms with Crippen LogP contribution in [-0.2, 0) is 0 Å². The number of aliphatic hydroxyl groups is 2. The number of nitrogens with zero attached hydrogens (tertiary/aromatic N) is 1. The molecule has 5 nitrogen and oxygen atoms in total. The highest BCUT2D eigenvalue weighted by Gasteiger charge is 2.21. The van der Waals surface area contributed by atoms with Crippen LogP contribution in [0.4, 0.5) is 0 Å². The summed E-state index contributed by atoms with van der Waals surface area (Å²) in [4.78, 5) is 9.78. The first-order valence-corrected chi connectivity index (χ1v) is 4.16. The molecule has 0 aliphatic rings. The molecule has 76 valence electrons. The summed E-state index contributed by atoms with van der Waals surface area (Å²) in [5.41, 5.74) is 0.319. The molecule has 0 rings (SSSR count). The SMILES string of the molecule is C/C=C(/C(O)O)C(CC)C[N+](=O)[O-]. The Morgan fingerprint density at radius 1 is 1.62 bits per heavy atom. The van der Waals surface area contributed by atoms with Crippen LogP contribution >= 0.6 is 0 Å². The first-order chi connectivity index (χ1) is 6.02. The number of allylic oxidation sites excluding steroid dienone is 1. The predicted octanol–water partition coefficient (Wildman–Crippen LogP) is 0.546. The fraction of sp³-hybridized carbons (Fsp3) is 0.750. The van der Waals surface area contributed by atoms with E-state index < -0.39 is 11.2 Å². The van der Waals surface area contributed by atoms with E-state index in [1.54, 1.807) is 13.8 Å². The molecule has 0 spiro atoms. The van der Waals surface area contributed by atoms with Crippen molar-refractivity contribution in [1.82, 2.24) is 0 Å². The Hall–Kier alpha value is -0.940. The molecule has 0 aliphatic heterocycles. The molecule has 0 aliphatic carbocycles. The van der Waals surface area contributed by atoms with Crippen LogP contribution < -0.4 is 0 Å². The average molecular weight is 189 g/mol. The standard InChI is InChI=1S/C8H15NO4/c1-3-6(5-9(12)13)7(4-2)8(10)11/h4,6,8,10-11H,3,5H2,1-2H3/b7-4+. The highest BCUT2D eigenvalue weighted by molar-refractivity contribution is 5.07. The van der Waals surface area contributed by atoms with Crippen molar-refractivity contribution >= 4 is 0 Å². The lowest BCUT2D eigenvalue weighted by molar-refractivity contribution is -0.486. The van der Waals surface area contributed by atoms with Gasteiger partial charge in [0.15, 0.2) is 6.29 Å². The van der Waals surface area contributed by atoms with Crippen LogP contribution in [0.2, 0.25) is 0 Å². The molecule has 0 saturated carbocycles. The Morgan fingerprint density at radius 3 is 2.38 bits per heavy atom. The molecule has 13 heavy (non-hydrogen) atoms. The third-order valence-corrected chi connectivity index (χ3v) is 1.97. The zero-order valence-corrected chi connectivity index (χ0v) is 7.80. The monoisotopic (exact) mass is 189 g/mol. The van der Waals surface area contributed by atoms with Gasteiger partial charge in [-0.05, 0) is 18.9 Å². The zero-order chi connectivity index (χ0) is 10.4. The summed E-state index contributed by atoms with van der Waals surface area (Å²) in [5.74, 6) is -0.389. The summed E-state index contributed by atoms with van der Waals surface area (Å²) in [5, 5.41) is 28.0. The number of aliphatic hydroxyl groups excluding tert-OH is 1. The Morgan fingerprint density at radius 2 is 2.15 bits per heavy atom. The zero-order valence-electron chi connectivity index (χ0n) is 7.80. The largest absolute Gasteiger partial charge is 0.365 e. The van der Waals surface area contributed by atoms with Gasteiger partial charge < -0.3 is 10.2 Å². The third kappa shape index (κ3) is 4.00. The van der Waals surface area contributed by atoms with Crippen molar-refractivity contribution in [1.29, 1.82) is 0 Å². The molecular formula is C8H15NO4. The van der Waals surface area contributed by atoms with E-state index in [9.17, 15) is 10.1 Å². The van der Waals surface area contributed by atoms with Crippen LogP contribution in [-0.4, -0.2) is 28.0 Å². The summed E-state index contributed by atoms with van der Waals surface area (Å²) in [6, 6.07) is 0. The van der Waals surface area contributed by atoms with Gasteiger partial charge in [0.05, 0.1) is 0 Å². The maximum atomic E-state index is 10.2. The molecule has 0 aromatic heterocycles. The first kappa shape index (κ1) is 12.1. The highest BCUT2D eigenvalue weighted by Crippen LogP contribution is 2.17. The molecule has 0 aromatic carbocycles. The Balaban J connectivity index is 4.45. The van der Waals surface area contributed by atoms with Crippen LogP contribution in [0.15, 0.2) is 11.6 Å². The number of hydrogen-bond donors (Lipinski definition) is 2. The van der Waals surface area contributed by atoms with Gasteiger partial charge in [-0.1, -0.05) is 13.0 Å². The molecule has 0 bridgehead atoms. The molecule has 0 heterocycles. The van der Waals surface area contributed by atoms with Gasteiger partial charge in [0.1, 0.15) is 0 Å². The molecule has 0 saturated heterocycles. The van der Waals surface area contributed by atoms with Crippen LogP contribution in [0.3, 0.4) is 0 Å². The van der Waals surface area contributed by atoms with E-state index in [0.717, 1.165) is 0 Å². The van der Waals surface area contributed by atoms with Gasteiger partial charge >= 0.3 is 0 Å². The van der Waals surface area contributed by atoms with Gasteiger partial charge in [-0.15, -0.1) is 0 Å². The van der Waals surface area contributed by atoms with Crippen LogP contribution in [0.1, 0.15) is 20.3 Å². The fourth-order valence-electron chi connectivity index (χ4n) is 1.25.